The van der Waals surface area contributed by atoms with Crippen LogP contribution in [-0.4, -0.2) is 34.2 Å². The fourth-order valence-corrected chi connectivity index (χ4v) is 2.63. The summed E-state index contributed by atoms with van der Waals surface area (Å²) in [5.74, 6) is 0.560. The van der Waals surface area contributed by atoms with E-state index in [0.717, 1.165) is 38.3 Å². The largest absolute Gasteiger partial charge is 0.494 e. The first kappa shape index (κ1) is 15.3. The number of hydrogen-bond donors (Lipinski definition) is 1. The van der Waals surface area contributed by atoms with Gasteiger partial charge in [-0.3, -0.25) is 0 Å². The highest BCUT2D eigenvalue weighted by atomic mass is 16.5. The van der Waals surface area contributed by atoms with Gasteiger partial charge in [-0.1, -0.05) is 13.0 Å². The maximum atomic E-state index is 10.8. The van der Waals surface area contributed by atoms with Crippen molar-refractivity contribution in [1.29, 1.82) is 0 Å². The summed E-state index contributed by atoms with van der Waals surface area (Å²) in [6.07, 6.45) is 4.72. The molecular formula is C17H19N3O3. The highest BCUT2D eigenvalue weighted by Crippen LogP contribution is 2.26. The van der Waals surface area contributed by atoms with E-state index in [-0.39, 0.29) is 5.69 Å². The number of hydrogen-bond acceptors (Lipinski definition) is 5. The molecule has 2 aromatic rings. The Hall–Kier alpha value is -2.63. The van der Waals surface area contributed by atoms with Crippen molar-refractivity contribution in [3.8, 4) is 5.75 Å². The van der Waals surface area contributed by atoms with Crippen LogP contribution in [0.5, 0.6) is 5.75 Å². The number of carbonyl (C=O) groups is 1. The predicted molar refractivity (Wildman–Crippen MR) is 86.0 cm³/mol. The average molecular weight is 313 g/mol. The first-order valence-electron chi connectivity index (χ1n) is 7.72. The molecule has 1 aromatic heterocycles. The van der Waals surface area contributed by atoms with Gasteiger partial charge in [-0.05, 0) is 36.1 Å². The van der Waals surface area contributed by atoms with Crippen LogP contribution >= 0.6 is 0 Å². The minimum Gasteiger partial charge on any atom is -0.494 e. The van der Waals surface area contributed by atoms with Crippen LogP contribution < -0.4 is 9.64 Å². The van der Waals surface area contributed by atoms with E-state index in [2.05, 4.69) is 33.9 Å². The fourth-order valence-electron chi connectivity index (χ4n) is 2.63. The molecule has 0 spiro atoms. The van der Waals surface area contributed by atoms with Crippen molar-refractivity contribution >= 4 is 11.8 Å². The summed E-state index contributed by atoms with van der Waals surface area (Å²) in [4.78, 5) is 21.1. The zero-order valence-corrected chi connectivity index (χ0v) is 13.0. The molecule has 1 aliphatic rings. The number of anilines is 1. The number of ether oxygens (including phenoxy) is 1. The third-order valence-corrected chi connectivity index (χ3v) is 3.84. The summed E-state index contributed by atoms with van der Waals surface area (Å²) < 4.78 is 5.68. The van der Waals surface area contributed by atoms with Gasteiger partial charge in [0.2, 0.25) is 0 Å². The van der Waals surface area contributed by atoms with Gasteiger partial charge in [0.1, 0.15) is 11.6 Å². The van der Waals surface area contributed by atoms with E-state index in [1.165, 1.54) is 23.5 Å². The Kier molecular flexibility index (Phi) is 4.41. The Balaban J connectivity index is 1.73. The van der Waals surface area contributed by atoms with Crippen LogP contribution in [0.2, 0.25) is 0 Å². The van der Waals surface area contributed by atoms with E-state index in [0.29, 0.717) is 5.82 Å². The minimum atomic E-state index is -1.06. The average Bonchev–Trinajstić information content (AvgIpc) is 2.59. The Labute approximate surface area is 134 Å². The molecule has 0 saturated carbocycles. The Morgan fingerprint density at radius 2 is 2.17 bits per heavy atom. The molecule has 0 aliphatic carbocycles. The van der Waals surface area contributed by atoms with Gasteiger partial charge in [0, 0.05) is 13.1 Å². The number of benzene rings is 1. The molecule has 6 heteroatoms. The first-order valence-corrected chi connectivity index (χ1v) is 7.72. The fraction of sp³-hybridized carbons (Fsp3) is 0.353. The van der Waals surface area contributed by atoms with Crippen molar-refractivity contribution in [3.63, 3.8) is 0 Å². The molecule has 120 valence electrons. The van der Waals surface area contributed by atoms with E-state index in [1.807, 2.05) is 6.07 Å². The van der Waals surface area contributed by atoms with Crippen molar-refractivity contribution in [2.45, 2.75) is 26.3 Å². The normalized spacial score (nSPS) is 13.5. The van der Waals surface area contributed by atoms with E-state index in [1.54, 1.807) is 0 Å². The molecule has 2 heterocycles. The summed E-state index contributed by atoms with van der Waals surface area (Å²) >= 11 is 0. The minimum absolute atomic E-state index is 0.0381. The first-order chi connectivity index (χ1) is 11.2. The number of nitrogens with zero attached hydrogens (tertiary/aromatic N) is 3. The molecular weight excluding hydrogens is 294 g/mol. The van der Waals surface area contributed by atoms with Crippen molar-refractivity contribution < 1.29 is 14.6 Å². The third kappa shape index (κ3) is 3.41. The van der Waals surface area contributed by atoms with Gasteiger partial charge in [0.25, 0.3) is 0 Å². The van der Waals surface area contributed by atoms with E-state index in [4.69, 9.17) is 9.84 Å². The number of aromatic nitrogens is 2. The van der Waals surface area contributed by atoms with Crippen molar-refractivity contribution in [3.05, 3.63) is 47.4 Å². The highest BCUT2D eigenvalue weighted by Gasteiger charge is 2.18. The molecule has 3 rings (SSSR count). The quantitative estimate of drug-likeness (QED) is 0.914. The van der Waals surface area contributed by atoms with Gasteiger partial charge in [-0.25, -0.2) is 14.8 Å². The lowest BCUT2D eigenvalue weighted by Crippen LogP contribution is -2.31. The lowest BCUT2D eigenvalue weighted by molar-refractivity contribution is 0.0690. The molecule has 1 aromatic carbocycles. The number of rotatable bonds is 5. The zero-order chi connectivity index (χ0) is 16.2. The molecule has 0 atom stereocenters. The van der Waals surface area contributed by atoms with Crippen LogP contribution in [-0.2, 0) is 13.0 Å². The Bertz CT molecular complexity index is 701. The number of fused-ring (bicyclic) bond motifs is 1. The van der Waals surface area contributed by atoms with Crippen molar-refractivity contribution in [2.75, 3.05) is 18.1 Å². The van der Waals surface area contributed by atoms with E-state index in [9.17, 15) is 4.79 Å². The highest BCUT2D eigenvalue weighted by molar-refractivity contribution is 5.84. The maximum Gasteiger partial charge on any atom is 0.356 e. The third-order valence-electron chi connectivity index (χ3n) is 3.84. The zero-order valence-electron chi connectivity index (χ0n) is 13.0. The lowest BCUT2D eigenvalue weighted by Gasteiger charge is -2.29. The van der Waals surface area contributed by atoms with Gasteiger partial charge in [0.15, 0.2) is 5.69 Å². The van der Waals surface area contributed by atoms with Gasteiger partial charge in [0.05, 0.1) is 19.0 Å². The predicted octanol–water partition coefficient (Wildman–Crippen LogP) is 2.53. The molecule has 0 saturated heterocycles. The monoisotopic (exact) mass is 313 g/mol. The molecule has 1 N–H and O–H groups in total. The van der Waals surface area contributed by atoms with Crippen LogP contribution in [0.3, 0.4) is 0 Å². The van der Waals surface area contributed by atoms with Crippen molar-refractivity contribution in [2.24, 2.45) is 0 Å². The summed E-state index contributed by atoms with van der Waals surface area (Å²) in [6, 6.07) is 6.20. The standard InChI is InChI=1S/C17H19N3O3/c1-2-7-23-14-4-3-13-11-20(6-5-12(13)8-14)16-10-18-15(9-19-16)17(21)22/h3-4,8-10H,2,5-7,11H2,1H3,(H,21,22). The molecule has 0 unspecified atom stereocenters. The van der Waals surface area contributed by atoms with Gasteiger partial charge < -0.3 is 14.7 Å². The van der Waals surface area contributed by atoms with Crippen LogP contribution in [0.25, 0.3) is 0 Å². The second-order valence-corrected chi connectivity index (χ2v) is 5.52. The smallest absolute Gasteiger partial charge is 0.356 e. The van der Waals surface area contributed by atoms with Gasteiger partial charge in [-0.15, -0.1) is 0 Å². The molecule has 0 bridgehead atoms. The van der Waals surface area contributed by atoms with Crippen LogP contribution in [0, 0.1) is 0 Å². The summed E-state index contributed by atoms with van der Waals surface area (Å²) in [5.41, 5.74) is 2.50. The van der Waals surface area contributed by atoms with Crippen LogP contribution in [0.1, 0.15) is 35.0 Å². The van der Waals surface area contributed by atoms with Gasteiger partial charge >= 0.3 is 5.97 Å². The second-order valence-electron chi connectivity index (χ2n) is 5.52. The van der Waals surface area contributed by atoms with Crippen LogP contribution in [0.4, 0.5) is 5.82 Å². The van der Waals surface area contributed by atoms with E-state index >= 15 is 0 Å². The molecule has 0 radical (unpaired) electrons. The lowest BCUT2D eigenvalue weighted by atomic mass is 9.99. The molecule has 0 fully saturated rings. The Morgan fingerprint density at radius 1 is 1.30 bits per heavy atom. The number of aromatic carboxylic acids is 1. The number of carboxylic acid groups (broad SMARTS) is 1. The SMILES string of the molecule is CCCOc1ccc2c(c1)CCN(c1cnc(C(=O)O)cn1)C2. The van der Waals surface area contributed by atoms with E-state index < -0.39 is 5.97 Å². The van der Waals surface area contributed by atoms with Crippen LogP contribution in [0.15, 0.2) is 30.6 Å². The van der Waals surface area contributed by atoms with Crippen molar-refractivity contribution in [1.82, 2.24) is 9.97 Å². The van der Waals surface area contributed by atoms with Gasteiger partial charge in [-0.2, -0.15) is 0 Å². The topological polar surface area (TPSA) is 75.5 Å². The molecule has 0 amide bonds. The Morgan fingerprint density at radius 3 is 2.87 bits per heavy atom. The number of carboxylic acids is 1. The summed E-state index contributed by atoms with van der Waals surface area (Å²) in [6.45, 7) is 4.39. The second kappa shape index (κ2) is 6.64. The molecule has 1 aliphatic heterocycles. The molecule has 6 nitrogen and oxygen atoms in total. The molecule has 23 heavy (non-hydrogen) atoms. The maximum absolute atomic E-state index is 10.8. The summed E-state index contributed by atoms with van der Waals surface area (Å²) in [5, 5.41) is 8.88. The summed E-state index contributed by atoms with van der Waals surface area (Å²) in [7, 11) is 0.